The molecule has 0 aliphatic rings. The zero-order valence-electron chi connectivity index (χ0n) is 9.42. The number of fused-ring (bicyclic) bond motifs is 1. The number of aryl methyl sites for hydroxylation is 3. The third kappa shape index (κ3) is 1.55. The quantitative estimate of drug-likeness (QED) is 0.816. The predicted molar refractivity (Wildman–Crippen MR) is 61.2 cm³/mol. The average molecular weight is 204 g/mol. The van der Waals surface area contributed by atoms with Gasteiger partial charge in [-0.3, -0.25) is 0 Å². The molecule has 0 amide bonds. The van der Waals surface area contributed by atoms with Crippen LogP contribution in [-0.2, 0) is 6.42 Å². The fraction of sp³-hybridized carbons (Fsp3) is 0.385. The first kappa shape index (κ1) is 10.2. The number of rotatable bonds is 2. The summed E-state index contributed by atoms with van der Waals surface area (Å²) >= 11 is 0. The minimum absolute atomic E-state index is 0.168. The topological polar surface area (TPSA) is 33.4 Å². The Morgan fingerprint density at radius 2 is 1.93 bits per heavy atom. The summed E-state index contributed by atoms with van der Waals surface area (Å²) in [5.41, 5.74) is 5.75. The van der Waals surface area contributed by atoms with Crippen molar-refractivity contribution in [2.45, 2.75) is 27.2 Å². The number of benzene rings is 1. The molecule has 0 aliphatic heterocycles. The van der Waals surface area contributed by atoms with Crippen molar-refractivity contribution in [3.63, 3.8) is 0 Å². The molecule has 0 fully saturated rings. The lowest BCUT2D eigenvalue weighted by Gasteiger charge is -2.05. The van der Waals surface area contributed by atoms with Crippen molar-refractivity contribution in [3.8, 4) is 0 Å². The zero-order valence-corrected chi connectivity index (χ0v) is 9.42. The molecule has 0 unspecified atom stereocenters. The summed E-state index contributed by atoms with van der Waals surface area (Å²) in [4.78, 5) is 0. The zero-order chi connectivity index (χ0) is 11.0. The maximum absolute atomic E-state index is 8.97. The Labute approximate surface area is 89.5 Å². The molecule has 1 N–H and O–H groups in total. The molecular formula is C13H16O2. The van der Waals surface area contributed by atoms with Gasteiger partial charge < -0.3 is 9.52 Å². The van der Waals surface area contributed by atoms with E-state index in [-0.39, 0.29) is 6.61 Å². The molecule has 0 saturated heterocycles. The SMILES string of the molecule is Cc1cc(C)c2c(CCO)coc2c1C. The molecule has 1 aromatic heterocycles. The van der Waals surface area contributed by atoms with Gasteiger partial charge in [-0.25, -0.2) is 0 Å². The molecule has 15 heavy (non-hydrogen) atoms. The average Bonchev–Trinajstić information content (AvgIpc) is 2.59. The largest absolute Gasteiger partial charge is 0.464 e. The molecule has 1 aromatic carbocycles. The van der Waals surface area contributed by atoms with Crippen LogP contribution >= 0.6 is 0 Å². The van der Waals surface area contributed by atoms with Gasteiger partial charge in [0.25, 0.3) is 0 Å². The molecule has 2 rings (SSSR count). The number of aliphatic hydroxyl groups is 1. The number of hydrogen-bond donors (Lipinski definition) is 1. The van der Waals surface area contributed by atoms with Crippen LogP contribution in [0.1, 0.15) is 22.3 Å². The highest BCUT2D eigenvalue weighted by Gasteiger charge is 2.11. The van der Waals surface area contributed by atoms with Gasteiger partial charge in [0.05, 0.1) is 6.26 Å². The Morgan fingerprint density at radius 3 is 2.60 bits per heavy atom. The highest BCUT2D eigenvalue weighted by molar-refractivity contribution is 5.88. The summed E-state index contributed by atoms with van der Waals surface area (Å²) in [5, 5.41) is 10.1. The smallest absolute Gasteiger partial charge is 0.137 e. The summed E-state index contributed by atoms with van der Waals surface area (Å²) in [6, 6.07) is 2.17. The van der Waals surface area contributed by atoms with Crippen LogP contribution in [0.2, 0.25) is 0 Å². The second kappa shape index (κ2) is 3.70. The highest BCUT2D eigenvalue weighted by atomic mass is 16.3. The Kier molecular flexibility index (Phi) is 2.53. The van der Waals surface area contributed by atoms with Gasteiger partial charge in [0.15, 0.2) is 0 Å². The Bertz CT molecular complexity index is 495. The first-order valence-corrected chi connectivity index (χ1v) is 5.23. The highest BCUT2D eigenvalue weighted by Crippen LogP contribution is 2.29. The van der Waals surface area contributed by atoms with Crippen molar-refractivity contribution in [1.82, 2.24) is 0 Å². The Morgan fingerprint density at radius 1 is 1.20 bits per heavy atom. The Balaban J connectivity index is 2.75. The van der Waals surface area contributed by atoms with Crippen molar-refractivity contribution in [2.75, 3.05) is 6.61 Å². The van der Waals surface area contributed by atoms with E-state index in [0.717, 1.165) is 11.1 Å². The molecule has 0 aliphatic carbocycles. The molecule has 2 aromatic rings. The predicted octanol–water partition coefficient (Wildman–Crippen LogP) is 2.89. The van der Waals surface area contributed by atoms with Crippen LogP contribution in [0.5, 0.6) is 0 Å². The number of furan rings is 1. The van der Waals surface area contributed by atoms with Gasteiger partial charge in [0, 0.05) is 17.6 Å². The maximum Gasteiger partial charge on any atom is 0.137 e. The third-order valence-electron chi connectivity index (χ3n) is 3.01. The van der Waals surface area contributed by atoms with E-state index in [1.807, 2.05) is 0 Å². The molecular weight excluding hydrogens is 188 g/mol. The molecule has 0 bridgehead atoms. The molecule has 0 spiro atoms. The maximum atomic E-state index is 8.97. The van der Waals surface area contributed by atoms with Gasteiger partial charge in [0.2, 0.25) is 0 Å². The van der Waals surface area contributed by atoms with E-state index in [1.165, 1.54) is 22.1 Å². The lowest BCUT2D eigenvalue weighted by atomic mass is 9.99. The minimum Gasteiger partial charge on any atom is -0.464 e. The lowest BCUT2D eigenvalue weighted by molar-refractivity contribution is 0.299. The molecule has 1 heterocycles. The molecule has 0 atom stereocenters. The normalized spacial score (nSPS) is 11.2. The third-order valence-corrected chi connectivity index (χ3v) is 3.01. The van der Waals surface area contributed by atoms with Crippen LogP contribution in [-0.4, -0.2) is 11.7 Å². The van der Waals surface area contributed by atoms with E-state index in [2.05, 4.69) is 26.8 Å². The second-order valence-corrected chi connectivity index (χ2v) is 4.07. The summed E-state index contributed by atoms with van der Waals surface area (Å²) in [7, 11) is 0. The fourth-order valence-electron chi connectivity index (χ4n) is 2.09. The molecule has 80 valence electrons. The van der Waals surface area contributed by atoms with Crippen LogP contribution in [0.4, 0.5) is 0 Å². The van der Waals surface area contributed by atoms with Gasteiger partial charge in [-0.1, -0.05) is 6.07 Å². The second-order valence-electron chi connectivity index (χ2n) is 4.07. The van der Waals surface area contributed by atoms with Crippen LogP contribution in [0.15, 0.2) is 16.7 Å². The molecule has 0 radical (unpaired) electrons. The van der Waals surface area contributed by atoms with E-state index in [0.29, 0.717) is 6.42 Å². The molecule has 2 heteroatoms. The van der Waals surface area contributed by atoms with Crippen molar-refractivity contribution in [1.29, 1.82) is 0 Å². The fourth-order valence-corrected chi connectivity index (χ4v) is 2.09. The van der Waals surface area contributed by atoms with E-state index in [9.17, 15) is 0 Å². The van der Waals surface area contributed by atoms with Gasteiger partial charge >= 0.3 is 0 Å². The van der Waals surface area contributed by atoms with Crippen molar-refractivity contribution < 1.29 is 9.52 Å². The van der Waals surface area contributed by atoms with Gasteiger partial charge in [-0.2, -0.15) is 0 Å². The van der Waals surface area contributed by atoms with E-state index < -0.39 is 0 Å². The van der Waals surface area contributed by atoms with Crippen molar-refractivity contribution in [3.05, 3.63) is 34.6 Å². The first-order chi connectivity index (χ1) is 7.15. The standard InChI is InChI=1S/C13H16O2/c1-8-6-9(2)12-11(4-5-14)7-15-13(12)10(8)3/h6-7,14H,4-5H2,1-3H3. The van der Waals surface area contributed by atoms with Crippen LogP contribution in [0.3, 0.4) is 0 Å². The first-order valence-electron chi connectivity index (χ1n) is 5.23. The summed E-state index contributed by atoms with van der Waals surface area (Å²) in [5.74, 6) is 0. The van der Waals surface area contributed by atoms with Crippen LogP contribution in [0, 0.1) is 20.8 Å². The van der Waals surface area contributed by atoms with Crippen molar-refractivity contribution >= 4 is 11.0 Å². The molecule has 2 nitrogen and oxygen atoms in total. The summed E-state index contributed by atoms with van der Waals surface area (Å²) < 4.78 is 5.58. The lowest BCUT2D eigenvalue weighted by Crippen LogP contribution is -1.91. The van der Waals surface area contributed by atoms with Gasteiger partial charge in [0.1, 0.15) is 5.58 Å². The number of hydrogen-bond acceptors (Lipinski definition) is 2. The minimum atomic E-state index is 0.168. The molecule has 0 saturated carbocycles. The van der Waals surface area contributed by atoms with E-state index in [1.54, 1.807) is 6.26 Å². The van der Waals surface area contributed by atoms with Crippen LogP contribution in [0.25, 0.3) is 11.0 Å². The van der Waals surface area contributed by atoms with Gasteiger partial charge in [-0.15, -0.1) is 0 Å². The monoisotopic (exact) mass is 204 g/mol. The van der Waals surface area contributed by atoms with Gasteiger partial charge in [-0.05, 0) is 43.9 Å². The Hall–Kier alpha value is -1.28. The summed E-state index contributed by atoms with van der Waals surface area (Å²) in [6.07, 6.45) is 2.43. The van der Waals surface area contributed by atoms with Crippen molar-refractivity contribution in [2.24, 2.45) is 0 Å². The number of aliphatic hydroxyl groups excluding tert-OH is 1. The van der Waals surface area contributed by atoms with E-state index in [4.69, 9.17) is 9.52 Å². The summed E-state index contributed by atoms with van der Waals surface area (Å²) in [6.45, 7) is 6.42. The van der Waals surface area contributed by atoms with E-state index >= 15 is 0 Å². The van der Waals surface area contributed by atoms with Crippen LogP contribution < -0.4 is 0 Å².